The topological polar surface area (TPSA) is 20.2 Å². The molecule has 0 heterocycles. The largest absolute Gasteiger partial charge is 0.325 e. The standard InChI is InChI=1S/C11H10OS2/c1-7-4-9(13)5-8-6-10(14-12)2-3-11(7)8/h2-6,12-13H,1H3. The van der Waals surface area contributed by atoms with Crippen molar-refractivity contribution in [1.82, 2.24) is 0 Å². The summed E-state index contributed by atoms with van der Waals surface area (Å²) in [6.45, 7) is 2.06. The molecule has 0 bridgehead atoms. The van der Waals surface area contributed by atoms with E-state index in [1.807, 2.05) is 30.3 Å². The summed E-state index contributed by atoms with van der Waals surface area (Å²) in [5.74, 6) is 0. The fourth-order valence-electron chi connectivity index (χ4n) is 1.58. The summed E-state index contributed by atoms with van der Waals surface area (Å²) in [6, 6.07) is 9.95. The highest BCUT2D eigenvalue weighted by atomic mass is 32.2. The molecule has 2 rings (SSSR count). The monoisotopic (exact) mass is 222 g/mol. The highest BCUT2D eigenvalue weighted by molar-refractivity contribution is 7.93. The minimum atomic E-state index is 0.770. The van der Waals surface area contributed by atoms with Gasteiger partial charge in [-0.1, -0.05) is 6.07 Å². The zero-order valence-electron chi connectivity index (χ0n) is 7.69. The van der Waals surface area contributed by atoms with Crippen molar-refractivity contribution >= 4 is 35.4 Å². The molecule has 0 saturated heterocycles. The first-order chi connectivity index (χ1) is 6.70. The van der Waals surface area contributed by atoms with Crippen LogP contribution in [0.25, 0.3) is 10.8 Å². The molecule has 2 aromatic rings. The Bertz CT molecular complexity index is 480. The van der Waals surface area contributed by atoms with Crippen LogP contribution in [0.5, 0.6) is 0 Å². The first kappa shape index (κ1) is 9.90. The molecule has 0 unspecified atom stereocenters. The van der Waals surface area contributed by atoms with Gasteiger partial charge >= 0.3 is 0 Å². The molecule has 0 amide bonds. The number of hydrogen-bond acceptors (Lipinski definition) is 3. The van der Waals surface area contributed by atoms with Crippen molar-refractivity contribution in [2.45, 2.75) is 16.7 Å². The van der Waals surface area contributed by atoms with Crippen LogP contribution in [-0.2, 0) is 0 Å². The molecular formula is C11H10OS2. The summed E-state index contributed by atoms with van der Waals surface area (Å²) < 4.78 is 8.93. The fraction of sp³-hybridized carbons (Fsp3) is 0.0909. The zero-order chi connectivity index (χ0) is 10.1. The molecule has 2 aromatic carbocycles. The smallest absolute Gasteiger partial charge is 0.0357 e. The number of benzene rings is 2. The van der Waals surface area contributed by atoms with Gasteiger partial charge < -0.3 is 4.55 Å². The molecule has 0 aliphatic heterocycles. The molecule has 0 spiro atoms. The second kappa shape index (κ2) is 3.85. The first-order valence-electron chi connectivity index (χ1n) is 4.25. The van der Waals surface area contributed by atoms with Gasteiger partial charge in [0.2, 0.25) is 0 Å². The normalized spacial score (nSPS) is 10.8. The van der Waals surface area contributed by atoms with E-state index >= 15 is 0 Å². The van der Waals surface area contributed by atoms with Crippen LogP contribution in [0.1, 0.15) is 5.56 Å². The SMILES string of the molecule is Cc1cc(S)cc2cc(SO)ccc12. The number of thiol groups is 1. The molecular weight excluding hydrogens is 212 g/mol. The maximum atomic E-state index is 8.93. The van der Waals surface area contributed by atoms with E-state index in [0.29, 0.717) is 0 Å². The summed E-state index contributed by atoms with van der Waals surface area (Å²) in [4.78, 5) is 1.81. The van der Waals surface area contributed by atoms with Crippen molar-refractivity contribution in [3.8, 4) is 0 Å². The maximum Gasteiger partial charge on any atom is 0.0357 e. The van der Waals surface area contributed by atoms with Crippen molar-refractivity contribution in [3.63, 3.8) is 0 Å². The Hall–Kier alpha value is -0.640. The van der Waals surface area contributed by atoms with Crippen molar-refractivity contribution in [1.29, 1.82) is 0 Å². The van der Waals surface area contributed by atoms with E-state index in [1.165, 1.54) is 10.9 Å². The number of rotatable bonds is 1. The van der Waals surface area contributed by atoms with E-state index in [9.17, 15) is 0 Å². The minimum absolute atomic E-state index is 0.770. The molecule has 0 radical (unpaired) electrons. The molecule has 0 aliphatic rings. The second-order valence-electron chi connectivity index (χ2n) is 3.24. The Morgan fingerprint density at radius 3 is 2.71 bits per heavy atom. The van der Waals surface area contributed by atoms with Gasteiger partial charge in [-0.25, -0.2) is 0 Å². The van der Waals surface area contributed by atoms with Crippen LogP contribution in [-0.4, -0.2) is 4.55 Å². The van der Waals surface area contributed by atoms with E-state index in [-0.39, 0.29) is 0 Å². The first-order valence-corrected chi connectivity index (χ1v) is 5.47. The third-order valence-corrected chi connectivity index (χ3v) is 2.94. The molecule has 1 N–H and O–H groups in total. The number of hydrogen-bond donors (Lipinski definition) is 2. The maximum absolute atomic E-state index is 8.93. The lowest BCUT2D eigenvalue weighted by molar-refractivity contribution is 0.664. The molecule has 72 valence electrons. The van der Waals surface area contributed by atoms with Gasteiger partial charge in [-0.05, 0) is 47.5 Å². The molecule has 0 aromatic heterocycles. The Balaban J connectivity index is 2.75. The van der Waals surface area contributed by atoms with Crippen LogP contribution in [0.2, 0.25) is 0 Å². The van der Waals surface area contributed by atoms with E-state index < -0.39 is 0 Å². The molecule has 0 atom stereocenters. The van der Waals surface area contributed by atoms with Crippen LogP contribution in [0.4, 0.5) is 0 Å². The van der Waals surface area contributed by atoms with Gasteiger partial charge in [-0.15, -0.1) is 12.6 Å². The highest BCUT2D eigenvalue weighted by Crippen LogP contribution is 2.26. The van der Waals surface area contributed by atoms with Gasteiger partial charge in [0.05, 0.1) is 0 Å². The molecule has 1 nitrogen and oxygen atoms in total. The van der Waals surface area contributed by atoms with Gasteiger partial charge in [-0.3, -0.25) is 0 Å². The van der Waals surface area contributed by atoms with Crippen molar-refractivity contribution < 1.29 is 4.55 Å². The lowest BCUT2D eigenvalue weighted by Gasteiger charge is -2.04. The predicted octanol–water partition coefficient (Wildman–Crippen LogP) is 4.00. The van der Waals surface area contributed by atoms with Crippen molar-refractivity contribution in [2.75, 3.05) is 0 Å². The second-order valence-corrected chi connectivity index (χ2v) is 4.41. The molecule has 3 heteroatoms. The van der Waals surface area contributed by atoms with Gasteiger partial charge in [0.15, 0.2) is 0 Å². The average Bonchev–Trinajstić information content (AvgIpc) is 2.16. The average molecular weight is 222 g/mol. The van der Waals surface area contributed by atoms with E-state index in [1.54, 1.807) is 0 Å². The molecule has 0 fully saturated rings. The van der Waals surface area contributed by atoms with Gasteiger partial charge in [-0.2, -0.15) is 0 Å². The lowest BCUT2D eigenvalue weighted by Crippen LogP contribution is -1.80. The van der Waals surface area contributed by atoms with Gasteiger partial charge in [0, 0.05) is 21.8 Å². The summed E-state index contributed by atoms with van der Waals surface area (Å²) in [5, 5.41) is 2.33. The summed E-state index contributed by atoms with van der Waals surface area (Å²) in [5.41, 5.74) is 1.21. The molecule has 0 aliphatic carbocycles. The summed E-state index contributed by atoms with van der Waals surface area (Å²) in [6.07, 6.45) is 0. The third-order valence-electron chi connectivity index (χ3n) is 2.22. The van der Waals surface area contributed by atoms with Gasteiger partial charge in [0.25, 0.3) is 0 Å². The number of fused-ring (bicyclic) bond motifs is 1. The van der Waals surface area contributed by atoms with Gasteiger partial charge in [0.1, 0.15) is 0 Å². The highest BCUT2D eigenvalue weighted by Gasteiger charge is 2.00. The van der Waals surface area contributed by atoms with Crippen LogP contribution >= 0.6 is 24.7 Å². The zero-order valence-corrected chi connectivity index (χ0v) is 9.40. The van der Waals surface area contributed by atoms with Crippen molar-refractivity contribution in [2.24, 2.45) is 0 Å². The summed E-state index contributed by atoms with van der Waals surface area (Å²) >= 11 is 5.09. The lowest BCUT2D eigenvalue weighted by atomic mass is 10.1. The van der Waals surface area contributed by atoms with Crippen LogP contribution in [0.15, 0.2) is 40.1 Å². The Morgan fingerprint density at radius 2 is 2.00 bits per heavy atom. The van der Waals surface area contributed by atoms with E-state index in [0.717, 1.165) is 27.2 Å². The Morgan fingerprint density at radius 1 is 1.21 bits per heavy atom. The van der Waals surface area contributed by atoms with E-state index in [2.05, 4.69) is 19.6 Å². The fourth-order valence-corrected chi connectivity index (χ4v) is 2.22. The predicted molar refractivity (Wildman–Crippen MR) is 64.4 cm³/mol. The van der Waals surface area contributed by atoms with Crippen LogP contribution < -0.4 is 0 Å². The summed E-state index contributed by atoms with van der Waals surface area (Å²) in [7, 11) is 0. The van der Waals surface area contributed by atoms with E-state index in [4.69, 9.17) is 4.55 Å². The third kappa shape index (κ3) is 1.75. The molecule has 0 saturated carbocycles. The van der Waals surface area contributed by atoms with Crippen LogP contribution in [0.3, 0.4) is 0 Å². The quantitative estimate of drug-likeness (QED) is 0.562. The Kier molecular flexibility index (Phi) is 2.72. The Labute approximate surface area is 92.8 Å². The minimum Gasteiger partial charge on any atom is -0.325 e. The van der Waals surface area contributed by atoms with Crippen LogP contribution in [0, 0.1) is 6.92 Å². The molecule has 14 heavy (non-hydrogen) atoms. The van der Waals surface area contributed by atoms with Crippen molar-refractivity contribution in [3.05, 3.63) is 35.9 Å². The number of aryl methyl sites for hydroxylation is 1.